The standard InChI is InChI=1S/C15H20BClN2O3/c1-14(2)15(3,4)22-16(21-14)10-5-9-6-11(8-19-18)20-13(9)12(17)7-10/h5-7,19H,8,18H2,1-4H3. The number of nitrogens with two attached hydrogens (primary N) is 1. The summed E-state index contributed by atoms with van der Waals surface area (Å²) in [7, 11) is -0.446. The van der Waals surface area contributed by atoms with Crippen LogP contribution in [0.1, 0.15) is 33.5 Å². The fraction of sp³-hybridized carbons (Fsp3) is 0.467. The third kappa shape index (κ3) is 2.55. The third-order valence-corrected chi connectivity index (χ3v) is 4.73. The van der Waals surface area contributed by atoms with Gasteiger partial charge in [0.05, 0.1) is 22.8 Å². The Balaban J connectivity index is 1.99. The number of nitrogens with one attached hydrogen (secondary N) is 1. The van der Waals surface area contributed by atoms with Gasteiger partial charge in [-0.3, -0.25) is 11.3 Å². The van der Waals surface area contributed by atoms with Gasteiger partial charge < -0.3 is 13.7 Å². The second-order valence-corrected chi connectivity index (χ2v) is 7.01. The summed E-state index contributed by atoms with van der Waals surface area (Å²) in [6.07, 6.45) is 0. The maximum absolute atomic E-state index is 6.34. The van der Waals surface area contributed by atoms with Crippen LogP contribution in [0.25, 0.3) is 11.0 Å². The molecule has 1 aliphatic heterocycles. The van der Waals surface area contributed by atoms with Crippen LogP contribution in [0.3, 0.4) is 0 Å². The van der Waals surface area contributed by atoms with Gasteiger partial charge in [-0.2, -0.15) is 0 Å². The molecule has 2 aromatic rings. The van der Waals surface area contributed by atoms with Crippen molar-refractivity contribution in [1.29, 1.82) is 0 Å². The molecule has 0 bridgehead atoms. The van der Waals surface area contributed by atoms with E-state index in [2.05, 4.69) is 5.43 Å². The number of hydrogen-bond acceptors (Lipinski definition) is 5. The molecule has 0 amide bonds. The fourth-order valence-electron chi connectivity index (χ4n) is 2.49. The van der Waals surface area contributed by atoms with Crippen molar-refractivity contribution in [2.45, 2.75) is 45.4 Å². The van der Waals surface area contributed by atoms with Crippen LogP contribution in [-0.2, 0) is 15.9 Å². The van der Waals surface area contributed by atoms with Crippen molar-refractivity contribution in [3.8, 4) is 0 Å². The van der Waals surface area contributed by atoms with E-state index in [1.807, 2.05) is 45.9 Å². The quantitative estimate of drug-likeness (QED) is 0.516. The summed E-state index contributed by atoms with van der Waals surface area (Å²) in [5.74, 6) is 6.05. The van der Waals surface area contributed by atoms with Crippen molar-refractivity contribution in [2.24, 2.45) is 5.84 Å². The Morgan fingerprint density at radius 1 is 1.14 bits per heavy atom. The van der Waals surface area contributed by atoms with Crippen LogP contribution in [0.2, 0.25) is 5.02 Å². The molecule has 0 radical (unpaired) electrons. The summed E-state index contributed by atoms with van der Waals surface area (Å²) in [6.45, 7) is 8.54. The average Bonchev–Trinajstić information content (AvgIpc) is 2.89. The van der Waals surface area contributed by atoms with Crippen LogP contribution in [-0.4, -0.2) is 18.3 Å². The van der Waals surface area contributed by atoms with Gasteiger partial charge in [-0.1, -0.05) is 17.7 Å². The normalized spacial score (nSPS) is 20.0. The Morgan fingerprint density at radius 2 is 1.77 bits per heavy atom. The average molecular weight is 323 g/mol. The van der Waals surface area contributed by atoms with Gasteiger partial charge in [0.15, 0.2) is 5.58 Å². The molecular weight excluding hydrogens is 302 g/mol. The van der Waals surface area contributed by atoms with E-state index in [9.17, 15) is 0 Å². The van der Waals surface area contributed by atoms with E-state index in [-0.39, 0.29) is 11.2 Å². The number of hydrazine groups is 1. The zero-order chi connectivity index (χ0) is 16.1. The second-order valence-electron chi connectivity index (χ2n) is 6.60. The van der Waals surface area contributed by atoms with Crippen LogP contribution in [0.15, 0.2) is 22.6 Å². The monoisotopic (exact) mass is 322 g/mol. The molecule has 0 saturated carbocycles. The molecule has 7 heteroatoms. The topological polar surface area (TPSA) is 69.7 Å². The lowest BCUT2D eigenvalue weighted by molar-refractivity contribution is 0.00578. The van der Waals surface area contributed by atoms with Gasteiger partial charge in [-0.05, 0) is 45.3 Å². The van der Waals surface area contributed by atoms with E-state index in [1.165, 1.54) is 0 Å². The van der Waals surface area contributed by atoms with Crippen LogP contribution >= 0.6 is 11.6 Å². The zero-order valence-corrected chi connectivity index (χ0v) is 14.0. The predicted molar refractivity (Wildman–Crippen MR) is 88.0 cm³/mol. The minimum absolute atomic E-state index is 0.385. The van der Waals surface area contributed by atoms with Gasteiger partial charge in [0, 0.05) is 5.39 Å². The Bertz CT molecular complexity index is 698. The van der Waals surface area contributed by atoms with Gasteiger partial charge in [0.25, 0.3) is 0 Å². The van der Waals surface area contributed by atoms with E-state index in [1.54, 1.807) is 0 Å². The number of rotatable bonds is 3. The molecule has 22 heavy (non-hydrogen) atoms. The highest BCUT2D eigenvalue weighted by Crippen LogP contribution is 2.37. The van der Waals surface area contributed by atoms with Crippen molar-refractivity contribution in [1.82, 2.24) is 5.43 Å². The van der Waals surface area contributed by atoms with Gasteiger partial charge >= 0.3 is 7.12 Å². The molecule has 118 valence electrons. The SMILES string of the molecule is CC1(C)OB(c2cc(Cl)c3oc(CNN)cc3c2)OC1(C)C. The van der Waals surface area contributed by atoms with E-state index >= 15 is 0 Å². The van der Waals surface area contributed by atoms with E-state index < -0.39 is 7.12 Å². The van der Waals surface area contributed by atoms with Crippen LogP contribution < -0.4 is 16.7 Å². The highest BCUT2D eigenvalue weighted by Gasteiger charge is 2.51. The number of fused-ring (bicyclic) bond motifs is 1. The van der Waals surface area contributed by atoms with Crippen molar-refractivity contribution in [3.05, 3.63) is 29.0 Å². The van der Waals surface area contributed by atoms with Crippen molar-refractivity contribution < 1.29 is 13.7 Å². The van der Waals surface area contributed by atoms with Crippen LogP contribution in [0, 0.1) is 0 Å². The Kier molecular flexibility index (Phi) is 3.78. The molecule has 2 heterocycles. The lowest BCUT2D eigenvalue weighted by Gasteiger charge is -2.32. The first-order valence-corrected chi connectivity index (χ1v) is 7.62. The molecule has 3 N–H and O–H groups in total. The van der Waals surface area contributed by atoms with Gasteiger partial charge in [0.1, 0.15) is 5.76 Å². The molecule has 3 rings (SSSR count). The molecule has 5 nitrogen and oxygen atoms in total. The Hall–Kier alpha value is -1.05. The van der Waals surface area contributed by atoms with E-state index in [4.69, 9.17) is 31.2 Å². The second kappa shape index (κ2) is 5.25. The van der Waals surface area contributed by atoms with Gasteiger partial charge in [-0.15, -0.1) is 0 Å². The number of hydrogen-bond donors (Lipinski definition) is 2. The molecule has 1 aromatic carbocycles. The summed E-state index contributed by atoms with van der Waals surface area (Å²) in [6, 6.07) is 5.72. The zero-order valence-electron chi connectivity index (χ0n) is 13.2. The molecule has 0 atom stereocenters. The predicted octanol–water partition coefficient (Wildman–Crippen LogP) is 2.35. The molecule has 0 aliphatic carbocycles. The Morgan fingerprint density at radius 3 is 2.36 bits per heavy atom. The first kappa shape index (κ1) is 15.8. The molecule has 0 unspecified atom stereocenters. The smallest absolute Gasteiger partial charge is 0.458 e. The maximum Gasteiger partial charge on any atom is 0.494 e. The van der Waals surface area contributed by atoms with Gasteiger partial charge in [0.2, 0.25) is 0 Å². The Labute approximate surface area is 135 Å². The summed E-state index contributed by atoms with van der Waals surface area (Å²) in [4.78, 5) is 0. The van der Waals surface area contributed by atoms with Crippen molar-refractivity contribution >= 4 is 35.2 Å². The highest BCUT2D eigenvalue weighted by molar-refractivity contribution is 6.63. The minimum atomic E-state index is -0.446. The van der Waals surface area contributed by atoms with Crippen LogP contribution in [0.5, 0.6) is 0 Å². The summed E-state index contributed by atoms with van der Waals surface area (Å²) in [5.41, 5.74) is 3.32. The minimum Gasteiger partial charge on any atom is -0.458 e. The fourth-order valence-corrected chi connectivity index (χ4v) is 2.76. The van der Waals surface area contributed by atoms with Crippen molar-refractivity contribution in [3.63, 3.8) is 0 Å². The van der Waals surface area contributed by atoms with Crippen LogP contribution in [0.4, 0.5) is 0 Å². The first-order valence-electron chi connectivity index (χ1n) is 7.24. The number of halogens is 1. The van der Waals surface area contributed by atoms with Gasteiger partial charge in [-0.25, -0.2) is 0 Å². The summed E-state index contributed by atoms with van der Waals surface area (Å²) in [5, 5.41) is 1.44. The molecule has 0 spiro atoms. The maximum atomic E-state index is 6.34. The number of furan rings is 1. The molecule has 1 saturated heterocycles. The van der Waals surface area contributed by atoms with E-state index in [0.717, 1.165) is 16.6 Å². The largest absolute Gasteiger partial charge is 0.494 e. The third-order valence-electron chi connectivity index (χ3n) is 4.45. The lowest BCUT2D eigenvalue weighted by atomic mass is 9.78. The lowest BCUT2D eigenvalue weighted by Crippen LogP contribution is -2.41. The molecular formula is C15H20BClN2O3. The summed E-state index contributed by atoms with van der Waals surface area (Å²) >= 11 is 6.34. The first-order chi connectivity index (χ1) is 10.2. The molecule has 1 aliphatic rings. The summed E-state index contributed by atoms with van der Waals surface area (Å²) < 4.78 is 17.8. The van der Waals surface area contributed by atoms with Crippen molar-refractivity contribution in [2.75, 3.05) is 0 Å². The number of benzene rings is 1. The highest BCUT2D eigenvalue weighted by atomic mass is 35.5. The van der Waals surface area contributed by atoms with E-state index in [0.29, 0.717) is 17.2 Å². The molecule has 1 fully saturated rings. The molecule has 1 aromatic heterocycles.